The first-order chi connectivity index (χ1) is 17.9. The number of piperidine rings is 1. The van der Waals surface area contributed by atoms with Crippen LogP contribution in [0.3, 0.4) is 0 Å². The van der Waals surface area contributed by atoms with Crippen molar-refractivity contribution in [1.82, 2.24) is 15.1 Å². The lowest BCUT2D eigenvalue weighted by molar-refractivity contribution is -0.139. The highest BCUT2D eigenvalue weighted by Crippen LogP contribution is 2.31. The number of nitrogens with one attached hydrogen (secondary N) is 2. The maximum atomic E-state index is 13.8. The van der Waals surface area contributed by atoms with Gasteiger partial charge in [-0.15, -0.1) is 0 Å². The number of hydrogen-bond donors (Lipinski definition) is 2. The van der Waals surface area contributed by atoms with Crippen molar-refractivity contribution in [3.05, 3.63) is 54.1 Å². The maximum absolute atomic E-state index is 13.8. The van der Waals surface area contributed by atoms with Crippen LogP contribution in [-0.2, 0) is 9.59 Å². The summed E-state index contributed by atoms with van der Waals surface area (Å²) in [5, 5.41) is 6.48. The summed E-state index contributed by atoms with van der Waals surface area (Å²) < 4.78 is 5.93. The van der Waals surface area contributed by atoms with Gasteiger partial charge in [0.2, 0.25) is 11.8 Å². The molecule has 0 radical (unpaired) electrons. The van der Waals surface area contributed by atoms with Gasteiger partial charge in [0.25, 0.3) is 5.91 Å². The molecule has 1 aliphatic carbocycles. The van der Waals surface area contributed by atoms with Crippen molar-refractivity contribution < 1.29 is 19.1 Å². The summed E-state index contributed by atoms with van der Waals surface area (Å²) in [7, 11) is 0. The number of para-hydroxylation sites is 1. The summed E-state index contributed by atoms with van der Waals surface area (Å²) >= 11 is 0. The molecular weight excluding hydrogens is 468 g/mol. The zero-order valence-electron chi connectivity index (χ0n) is 21.6. The Balaban J connectivity index is 1.33. The molecule has 196 valence electrons. The SMILES string of the molecule is CC(C)[C@H](C(=O)N1CCC(NCC2CC2)CC1)N1CC(=O)Nc2ccc(Oc3ccccc3)cc2C1=O. The van der Waals surface area contributed by atoms with Crippen LogP contribution in [0.2, 0.25) is 0 Å². The number of amides is 3. The number of nitrogens with zero attached hydrogens (tertiary/aromatic N) is 2. The largest absolute Gasteiger partial charge is 0.457 e. The van der Waals surface area contributed by atoms with Crippen LogP contribution in [0.25, 0.3) is 0 Å². The van der Waals surface area contributed by atoms with E-state index in [0.717, 1.165) is 25.3 Å². The van der Waals surface area contributed by atoms with Gasteiger partial charge in [-0.05, 0) is 74.4 Å². The monoisotopic (exact) mass is 504 g/mol. The average Bonchev–Trinajstić information content (AvgIpc) is 3.73. The van der Waals surface area contributed by atoms with Gasteiger partial charge in [-0.25, -0.2) is 0 Å². The zero-order valence-corrected chi connectivity index (χ0v) is 21.6. The Morgan fingerprint density at radius 1 is 1.03 bits per heavy atom. The molecule has 8 nitrogen and oxygen atoms in total. The lowest BCUT2D eigenvalue weighted by atomic mass is 9.97. The summed E-state index contributed by atoms with van der Waals surface area (Å²) in [6.45, 7) is 6.07. The van der Waals surface area contributed by atoms with Gasteiger partial charge < -0.3 is 25.2 Å². The van der Waals surface area contributed by atoms with Gasteiger partial charge in [-0.1, -0.05) is 32.0 Å². The highest BCUT2D eigenvalue weighted by Gasteiger charge is 2.40. The fourth-order valence-electron chi connectivity index (χ4n) is 5.22. The van der Waals surface area contributed by atoms with E-state index >= 15 is 0 Å². The summed E-state index contributed by atoms with van der Waals surface area (Å²) in [4.78, 5) is 43.7. The van der Waals surface area contributed by atoms with Crippen LogP contribution in [0.4, 0.5) is 5.69 Å². The molecule has 2 heterocycles. The molecule has 1 saturated heterocycles. The van der Waals surface area contributed by atoms with E-state index in [2.05, 4.69) is 10.6 Å². The van der Waals surface area contributed by atoms with Crippen LogP contribution in [-0.4, -0.2) is 65.8 Å². The average molecular weight is 505 g/mol. The van der Waals surface area contributed by atoms with Gasteiger partial charge in [0, 0.05) is 19.1 Å². The number of hydrogen-bond acceptors (Lipinski definition) is 5. The summed E-state index contributed by atoms with van der Waals surface area (Å²) in [5.41, 5.74) is 0.746. The smallest absolute Gasteiger partial charge is 0.257 e. The molecule has 37 heavy (non-hydrogen) atoms. The van der Waals surface area contributed by atoms with E-state index in [1.54, 1.807) is 18.2 Å². The molecule has 1 saturated carbocycles. The molecular formula is C29H36N4O4. The molecule has 0 unspecified atom stereocenters. The summed E-state index contributed by atoms with van der Waals surface area (Å²) in [6.07, 6.45) is 4.45. The number of ether oxygens (including phenoxy) is 1. The number of likely N-dealkylation sites (tertiary alicyclic amines) is 1. The van der Waals surface area contributed by atoms with Gasteiger partial charge in [0.05, 0.1) is 11.3 Å². The van der Waals surface area contributed by atoms with Crippen molar-refractivity contribution in [3.8, 4) is 11.5 Å². The van der Waals surface area contributed by atoms with E-state index in [1.807, 2.05) is 49.1 Å². The van der Waals surface area contributed by atoms with Crippen molar-refractivity contribution in [2.75, 3.05) is 31.5 Å². The van der Waals surface area contributed by atoms with Crippen LogP contribution >= 0.6 is 0 Å². The molecule has 2 N–H and O–H groups in total. The van der Waals surface area contributed by atoms with E-state index in [1.165, 1.54) is 17.7 Å². The molecule has 0 aromatic heterocycles. The van der Waals surface area contributed by atoms with Crippen LogP contribution in [0, 0.1) is 11.8 Å². The van der Waals surface area contributed by atoms with Gasteiger partial charge in [0.1, 0.15) is 24.1 Å². The molecule has 1 atom stereocenters. The first-order valence-corrected chi connectivity index (χ1v) is 13.4. The third kappa shape index (κ3) is 5.96. The van der Waals surface area contributed by atoms with E-state index in [0.29, 0.717) is 41.9 Å². The summed E-state index contributed by atoms with van der Waals surface area (Å²) in [6, 6.07) is 14.1. The van der Waals surface area contributed by atoms with Crippen molar-refractivity contribution in [1.29, 1.82) is 0 Å². The minimum absolute atomic E-state index is 0.0862. The number of carbonyl (C=O) groups is 3. The Morgan fingerprint density at radius 2 is 1.76 bits per heavy atom. The highest BCUT2D eigenvalue weighted by atomic mass is 16.5. The van der Waals surface area contributed by atoms with E-state index < -0.39 is 6.04 Å². The van der Waals surface area contributed by atoms with E-state index in [4.69, 9.17) is 4.74 Å². The maximum Gasteiger partial charge on any atom is 0.257 e. The minimum Gasteiger partial charge on any atom is -0.457 e. The number of benzene rings is 2. The molecule has 8 heteroatoms. The predicted octanol–water partition coefficient (Wildman–Crippen LogP) is 3.89. The topological polar surface area (TPSA) is 91.0 Å². The Morgan fingerprint density at radius 3 is 2.43 bits per heavy atom. The quantitative estimate of drug-likeness (QED) is 0.569. The lowest BCUT2D eigenvalue weighted by Crippen LogP contribution is -2.56. The summed E-state index contributed by atoms with van der Waals surface area (Å²) in [5.74, 6) is 1.06. The van der Waals surface area contributed by atoms with Gasteiger partial charge in [-0.3, -0.25) is 14.4 Å². The van der Waals surface area contributed by atoms with Crippen molar-refractivity contribution in [3.63, 3.8) is 0 Å². The van der Waals surface area contributed by atoms with Gasteiger partial charge in [0.15, 0.2) is 0 Å². The van der Waals surface area contributed by atoms with E-state index in [9.17, 15) is 14.4 Å². The predicted molar refractivity (Wildman–Crippen MR) is 142 cm³/mol. The molecule has 2 aromatic rings. The van der Waals surface area contributed by atoms with Crippen molar-refractivity contribution in [2.45, 2.75) is 51.6 Å². The van der Waals surface area contributed by atoms with Crippen LogP contribution in [0.1, 0.15) is 49.9 Å². The second-order valence-electron chi connectivity index (χ2n) is 10.7. The molecule has 0 spiro atoms. The van der Waals surface area contributed by atoms with Crippen LogP contribution < -0.4 is 15.4 Å². The second-order valence-corrected chi connectivity index (χ2v) is 10.7. The second kappa shape index (κ2) is 10.9. The Hall–Kier alpha value is -3.39. The Bertz CT molecular complexity index is 1140. The van der Waals surface area contributed by atoms with Gasteiger partial charge >= 0.3 is 0 Å². The van der Waals surface area contributed by atoms with Crippen molar-refractivity contribution in [2.24, 2.45) is 11.8 Å². The normalized spacial score (nSPS) is 19.3. The van der Waals surface area contributed by atoms with Crippen molar-refractivity contribution >= 4 is 23.4 Å². The third-order valence-corrected chi connectivity index (χ3v) is 7.47. The highest BCUT2D eigenvalue weighted by molar-refractivity contribution is 6.10. The lowest BCUT2D eigenvalue weighted by Gasteiger charge is -2.39. The van der Waals surface area contributed by atoms with E-state index in [-0.39, 0.29) is 30.2 Å². The number of rotatable bonds is 8. The minimum atomic E-state index is -0.723. The molecule has 2 aliphatic heterocycles. The zero-order chi connectivity index (χ0) is 25.9. The number of fused-ring (bicyclic) bond motifs is 1. The molecule has 2 fully saturated rings. The molecule has 3 amide bonds. The number of carbonyl (C=O) groups excluding carboxylic acids is 3. The Kier molecular flexibility index (Phi) is 7.46. The standard InChI is InChI=1S/C29H36N4O4/c1-19(2)27(29(36)32-14-12-21(13-15-32)30-17-20-8-9-20)33-18-26(34)31-25-11-10-23(16-24(25)28(33)35)37-22-6-4-3-5-7-22/h3-7,10-11,16,19-21,27,30H,8-9,12-15,17-18H2,1-2H3,(H,31,34)/t27-/m1/s1. The fraction of sp³-hybridized carbons (Fsp3) is 0.483. The molecule has 5 rings (SSSR count). The first kappa shape index (κ1) is 25.3. The molecule has 3 aliphatic rings. The molecule has 0 bridgehead atoms. The first-order valence-electron chi connectivity index (χ1n) is 13.4. The van der Waals surface area contributed by atoms with Crippen LogP contribution in [0.15, 0.2) is 48.5 Å². The third-order valence-electron chi connectivity index (χ3n) is 7.47. The number of anilines is 1. The fourth-order valence-corrected chi connectivity index (χ4v) is 5.22. The molecule has 2 aromatic carbocycles. The van der Waals surface area contributed by atoms with Crippen LogP contribution in [0.5, 0.6) is 11.5 Å². The Labute approximate surface area is 218 Å². The van der Waals surface area contributed by atoms with Gasteiger partial charge in [-0.2, -0.15) is 0 Å².